The van der Waals surface area contributed by atoms with E-state index in [9.17, 15) is 4.79 Å². The third kappa shape index (κ3) is 2.65. The van der Waals surface area contributed by atoms with E-state index in [0.29, 0.717) is 6.42 Å². The van der Waals surface area contributed by atoms with Crippen LogP contribution in [0.2, 0.25) is 0 Å². The number of rotatable bonds is 1. The molecule has 0 N–H and O–H groups in total. The molecule has 0 saturated heterocycles. The van der Waals surface area contributed by atoms with Gasteiger partial charge < -0.3 is 4.79 Å². The van der Waals surface area contributed by atoms with Crippen LogP contribution >= 0.6 is 34.8 Å². The van der Waals surface area contributed by atoms with E-state index in [2.05, 4.69) is 0 Å². The van der Waals surface area contributed by atoms with Gasteiger partial charge in [0.15, 0.2) is 3.79 Å². The predicted octanol–water partition coefficient (Wildman–Crippen LogP) is 3.77. The number of carbonyl (C=O) groups excluding carboxylic acids is 1. The minimum absolute atomic E-state index is 0.122. The van der Waals surface area contributed by atoms with Gasteiger partial charge in [0.2, 0.25) is 0 Å². The molecule has 2 atom stereocenters. The highest BCUT2D eigenvalue weighted by atomic mass is 35.6. The zero-order valence-corrected chi connectivity index (χ0v) is 10.4. The first-order valence-corrected chi connectivity index (χ1v) is 5.62. The van der Waals surface area contributed by atoms with E-state index in [0.717, 1.165) is 6.29 Å². The Kier molecular flexibility index (Phi) is 3.56. The first-order chi connectivity index (χ1) is 6.27. The molecule has 0 amide bonds. The summed E-state index contributed by atoms with van der Waals surface area (Å²) in [5.74, 6) is -0.246. The molecule has 0 spiro atoms. The molecular weight excluding hydrogens is 242 g/mol. The summed E-state index contributed by atoms with van der Waals surface area (Å²) < 4.78 is -1.31. The second-order valence-electron chi connectivity index (χ2n) is 4.31. The molecule has 14 heavy (non-hydrogen) atoms. The van der Waals surface area contributed by atoms with E-state index < -0.39 is 3.79 Å². The maximum atomic E-state index is 10.7. The molecule has 0 bridgehead atoms. The molecule has 0 saturated carbocycles. The summed E-state index contributed by atoms with van der Waals surface area (Å²) in [6.45, 7) is 4.02. The second-order valence-corrected chi connectivity index (χ2v) is 6.68. The molecule has 0 aromatic rings. The Labute approximate surface area is 99.4 Å². The molecule has 1 nitrogen and oxygen atoms in total. The summed E-state index contributed by atoms with van der Waals surface area (Å²) >= 11 is 17.7. The Balaban J connectivity index is 2.94. The Bertz CT molecular complexity index is 253. The molecule has 1 aliphatic carbocycles. The van der Waals surface area contributed by atoms with E-state index in [1.165, 1.54) is 0 Å². The van der Waals surface area contributed by atoms with Gasteiger partial charge in [-0.3, -0.25) is 0 Å². The molecular formula is C10H13Cl3O. The van der Waals surface area contributed by atoms with Crippen LogP contribution in [0.25, 0.3) is 0 Å². The Hall–Kier alpha value is 0.280. The van der Waals surface area contributed by atoms with Gasteiger partial charge in [0, 0.05) is 11.8 Å². The Morgan fingerprint density at radius 2 is 2.00 bits per heavy atom. The van der Waals surface area contributed by atoms with Gasteiger partial charge in [-0.25, -0.2) is 0 Å². The molecule has 0 radical (unpaired) electrons. The lowest BCUT2D eigenvalue weighted by Crippen LogP contribution is -2.37. The number of halogens is 3. The van der Waals surface area contributed by atoms with Crippen molar-refractivity contribution in [2.24, 2.45) is 17.3 Å². The molecule has 0 aliphatic heterocycles. The van der Waals surface area contributed by atoms with Gasteiger partial charge in [-0.1, -0.05) is 60.8 Å². The highest BCUT2D eigenvalue weighted by Gasteiger charge is 2.44. The lowest BCUT2D eigenvalue weighted by atomic mass is 9.71. The zero-order valence-electron chi connectivity index (χ0n) is 8.14. The van der Waals surface area contributed by atoms with Crippen molar-refractivity contribution >= 4 is 41.1 Å². The van der Waals surface area contributed by atoms with Gasteiger partial charge in [0.25, 0.3) is 0 Å². The van der Waals surface area contributed by atoms with Crippen molar-refractivity contribution in [2.75, 3.05) is 0 Å². The van der Waals surface area contributed by atoms with Crippen LogP contribution in [0.15, 0.2) is 12.2 Å². The van der Waals surface area contributed by atoms with E-state index in [1.807, 2.05) is 26.0 Å². The first-order valence-electron chi connectivity index (χ1n) is 4.49. The van der Waals surface area contributed by atoms with Crippen LogP contribution in [-0.4, -0.2) is 10.1 Å². The number of allylic oxidation sites excluding steroid dienone is 2. The summed E-state index contributed by atoms with van der Waals surface area (Å²) in [5, 5.41) is 0. The van der Waals surface area contributed by atoms with E-state index in [1.54, 1.807) is 0 Å². The van der Waals surface area contributed by atoms with Crippen LogP contribution in [0.4, 0.5) is 0 Å². The third-order valence-electron chi connectivity index (χ3n) is 2.75. The van der Waals surface area contributed by atoms with Gasteiger partial charge in [-0.15, -0.1) is 0 Å². The van der Waals surface area contributed by atoms with Gasteiger partial charge >= 0.3 is 0 Å². The summed E-state index contributed by atoms with van der Waals surface area (Å²) in [4.78, 5) is 10.7. The standard InChI is InChI=1S/C10H13Cl3O/c1-9(2)4-3-7(6-14)5-8(9)10(11,12)13/h3-4,6-8H,5H2,1-2H3. The monoisotopic (exact) mass is 254 g/mol. The summed E-state index contributed by atoms with van der Waals surface area (Å²) in [7, 11) is 0. The van der Waals surface area contributed by atoms with E-state index in [4.69, 9.17) is 34.8 Å². The molecule has 1 aliphatic rings. The van der Waals surface area contributed by atoms with E-state index >= 15 is 0 Å². The van der Waals surface area contributed by atoms with Crippen molar-refractivity contribution in [3.63, 3.8) is 0 Å². The average molecular weight is 256 g/mol. The fourth-order valence-electron chi connectivity index (χ4n) is 1.80. The van der Waals surface area contributed by atoms with Gasteiger partial charge in [-0.2, -0.15) is 0 Å². The zero-order chi connectivity index (χ0) is 11.0. The van der Waals surface area contributed by atoms with Crippen molar-refractivity contribution in [1.82, 2.24) is 0 Å². The molecule has 2 unspecified atom stereocenters. The molecule has 0 aromatic heterocycles. The predicted molar refractivity (Wildman–Crippen MR) is 60.9 cm³/mol. The number of hydrogen-bond donors (Lipinski definition) is 0. The van der Waals surface area contributed by atoms with Crippen molar-refractivity contribution in [2.45, 2.75) is 24.1 Å². The van der Waals surface area contributed by atoms with Crippen LogP contribution in [-0.2, 0) is 4.79 Å². The van der Waals surface area contributed by atoms with Crippen molar-refractivity contribution in [3.8, 4) is 0 Å². The van der Waals surface area contributed by atoms with Crippen LogP contribution in [0.3, 0.4) is 0 Å². The van der Waals surface area contributed by atoms with E-state index in [-0.39, 0.29) is 17.3 Å². The first kappa shape index (κ1) is 12.4. The summed E-state index contributed by atoms with van der Waals surface area (Å²) in [6.07, 6.45) is 5.35. The fourth-order valence-corrected chi connectivity index (χ4v) is 2.91. The van der Waals surface area contributed by atoms with Crippen LogP contribution in [0.5, 0.6) is 0 Å². The number of hydrogen-bond acceptors (Lipinski definition) is 1. The topological polar surface area (TPSA) is 17.1 Å². The van der Waals surface area contributed by atoms with Crippen molar-refractivity contribution in [1.29, 1.82) is 0 Å². The summed E-state index contributed by atoms with van der Waals surface area (Å²) in [6, 6.07) is 0. The number of aldehydes is 1. The van der Waals surface area contributed by atoms with Gasteiger partial charge in [-0.05, 0) is 11.8 Å². The minimum Gasteiger partial charge on any atom is -0.303 e. The molecule has 0 fully saturated rings. The highest BCUT2D eigenvalue weighted by molar-refractivity contribution is 6.67. The van der Waals surface area contributed by atoms with Crippen LogP contribution < -0.4 is 0 Å². The summed E-state index contributed by atoms with van der Waals surface area (Å²) in [5.41, 5.74) is -0.176. The molecule has 0 heterocycles. The Morgan fingerprint density at radius 1 is 1.43 bits per heavy atom. The smallest absolute Gasteiger partial charge is 0.194 e. The largest absolute Gasteiger partial charge is 0.303 e. The highest BCUT2D eigenvalue weighted by Crippen LogP contribution is 2.50. The quantitative estimate of drug-likeness (QED) is 0.396. The number of carbonyl (C=O) groups is 1. The van der Waals surface area contributed by atoms with Crippen molar-refractivity contribution < 1.29 is 4.79 Å². The maximum Gasteiger partial charge on any atom is 0.194 e. The maximum absolute atomic E-state index is 10.7. The second kappa shape index (κ2) is 4.03. The molecule has 80 valence electrons. The average Bonchev–Trinajstić information content (AvgIpc) is 2.01. The minimum atomic E-state index is -1.31. The van der Waals surface area contributed by atoms with Crippen LogP contribution in [0, 0.1) is 17.3 Å². The number of alkyl halides is 3. The van der Waals surface area contributed by atoms with Gasteiger partial charge in [0.05, 0.1) is 0 Å². The molecule has 0 aromatic carbocycles. The molecule has 1 rings (SSSR count). The third-order valence-corrected chi connectivity index (χ3v) is 3.54. The lowest BCUT2D eigenvalue weighted by Gasteiger charge is -2.40. The van der Waals surface area contributed by atoms with Crippen molar-refractivity contribution in [3.05, 3.63) is 12.2 Å². The molecule has 4 heteroatoms. The Morgan fingerprint density at radius 3 is 2.43 bits per heavy atom. The lowest BCUT2D eigenvalue weighted by molar-refractivity contribution is -0.110. The van der Waals surface area contributed by atoms with Crippen LogP contribution in [0.1, 0.15) is 20.3 Å². The van der Waals surface area contributed by atoms with Gasteiger partial charge in [0.1, 0.15) is 6.29 Å². The normalized spacial score (nSPS) is 31.5. The SMILES string of the molecule is CC1(C)C=CC(C=O)CC1C(Cl)(Cl)Cl. The fraction of sp³-hybridized carbons (Fsp3) is 0.700.